The Hall–Kier alpha value is -4.01. The molecule has 0 saturated heterocycles. The van der Waals surface area contributed by atoms with Gasteiger partial charge in [0.15, 0.2) is 0 Å². The second kappa shape index (κ2) is 8.85. The molecule has 2 aromatic carbocycles. The van der Waals surface area contributed by atoms with Crippen LogP contribution in [0.1, 0.15) is 52.7 Å². The molecule has 0 unspecified atom stereocenters. The number of pyridine rings is 1. The van der Waals surface area contributed by atoms with E-state index < -0.39 is 17.4 Å². The molecule has 0 fully saturated rings. The van der Waals surface area contributed by atoms with E-state index in [2.05, 4.69) is 10.3 Å². The summed E-state index contributed by atoms with van der Waals surface area (Å²) in [5, 5.41) is 32.1. The van der Waals surface area contributed by atoms with E-state index in [0.717, 1.165) is 11.6 Å². The molecular weight excluding hydrogens is 426 g/mol. The molecule has 1 heterocycles. The zero-order valence-electron chi connectivity index (χ0n) is 18.9. The second-order valence-electron chi connectivity index (χ2n) is 8.46. The molecule has 0 saturated carbocycles. The Balaban J connectivity index is 1.94. The van der Waals surface area contributed by atoms with Gasteiger partial charge < -0.3 is 31.1 Å². The number of anilines is 1. The molecule has 1 amide bonds. The highest BCUT2D eigenvalue weighted by Crippen LogP contribution is 2.37. The minimum absolute atomic E-state index is 0.0331. The SMILES string of the molecule is CCc1ccc2nc(C)c(C(=O)O)c(N)c2c1OCC(C)(C)NC(=O)c1cc(O)cc(O)c1. The zero-order chi connectivity index (χ0) is 24.5. The van der Waals surface area contributed by atoms with Gasteiger partial charge in [-0.1, -0.05) is 13.0 Å². The third kappa shape index (κ3) is 4.92. The Labute approximate surface area is 190 Å². The van der Waals surface area contributed by atoms with E-state index in [1.807, 2.05) is 13.0 Å². The normalized spacial score (nSPS) is 11.4. The number of hydrogen-bond donors (Lipinski definition) is 5. The summed E-state index contributed by atoms with van der Waals surface area (Å²) in [5.74, 6) is -1.72. The number of benzene rings is 2. The Morgan fingerprint density at radius 3 is 2.36 bits per heavy atom. The molecule has 0 aliphatic rings. The monoisotopic (exact) mass is 453 g/mol. The highest BCUT2D eigenvalue weighted by atomic mass is 16.5. The Kier molecular flexibility index (Phi) is 6.34. The summed E-state index contributed by atoms with van der Waals surface area (Å²) >= 11 is 0. The van der Waals surface area contributed by atoms with Crippen molar-refractivity contribution in [3.05, 3.63) is 52.7 Å². The lowest BCUT2D eigenvalue weighted by Crippen LogP contribution is -2.47. The van der Waals surface area contributed by atoms with Crippen LogP contribution in [0.4, 0.5) is 5.69 Å². The van der Waals surface area contributed by atoms with Crippen molar-refractivity contribution in [1.82, 2.24) is 10.3 Å². The van der Waals surface area contributed by atoms with Crippen LogP contribution in [0.25, 0.3) is 10.9 Å². The van der Waals surface area contributed by atoms with Gasteiger partial charge in [-0.3, -0.25) is 9.78 Å². The van der Waals surface area contributed by atoms with Gasteiger partial charge in [0.25, 0.3) is 5.91 Å². The van der Waals surface area contributed by atoms with Crippen molar-refractivity contribution in [3.8, 4) is 17.2 Å². The second-order valence-corrected chi connectivity index (χ2v) is 8.46. The summed E-state index contributed by atoms with van der Waals surface area (Å²) in [6, 6.07) is 7.24. The number of fused-ring (bicyclic) bond motifs is 1. The van der Waals surface area contributed by atoms with Crippen molar-refractivity contribution in [3.63, 3.8) is 0 Å². The number of aromatic hydroxyl groups is 2. The molecule has 6 N–H and O–H groups in total. The Bertz CT molecular complexity index is 1230. The number of carbonyl (C=O) groups is 2. The van der Waals surface area contributed by atoms with Crippen LogP contribution in [0, 0.1) is 6.92 Å². The molecule has 33 heavy (non-hydrogen) atoms. The molecule has 3 rings (SSSR count). The molecule has 0 radical (unpaired) electrons. The number of aromatic carboxylic acids is 1. The van der Waals surface area contributed by atoms with Crippen LogP contribution < -0.4 is 15.8 Å². The Morgan fingerprint density at radius 1 is 1.15 bits per heavy atom. The van der Waals surface area contributed by atoms with Gasteiger partial charge in [-0.15, -0.1) is 0 Å². The lowest BCUT2D eigenvalue weighted by atomic mass is 10.0. The first-order valence-electron chi connectivity index (χ1n) is 10.4. The molecule has 0 aliphatic heterocycles. The van der Waals surface area contributed by atoms with E-state index in [4.69, 9.17) is 10.5 Å². The van der Waals surface area contributed by atoms with Crippen molar-refractivity contribution < 1.29 is 29.6 Å². The first kappa shape index (κ1) is 23.6. The van der Waals surface area contributed by atoms with Gasteiger partial charge >= 0.3 is 5.97 Å². The number of nitrogens with one attached hydrogen (secondary N) is 1. The maximum atomic E-state index is 12.6. The first-order valence-corrected chi connectivity index (χ1v) is 10.4. The van der Waals surface area contributed by atoms with Crippen LogP contribution >= 0.6 is 0 Å². The number of carbonyl (C=O) groups excluding carboxylic acids is 1. The van der Waals surface area contributed by atoms with E-state index in [9.17, 15) is 24.9 Å². The van der Waals surface area contributed by atoms with Gasteiger partial charge in [0.1, 0.15) is 29.4 Å². The van der Waals surface area contributed by atoms with Gasteiger partial charge in [-0.05, 0) is 51.0 Å². The summed E-state index contributed by atoms with van der Waals surface area (Å²) in [5.41, 5.74) is 7.12. The van der Waals surface area contributed by atoms with E-state index in [1.54, 1.807) is 26.8 Å². The van der Waals surface area contributed by atoms with E-state index in [1.165, 1.54) is 12.1 Å². The quantitative estimate of drug-likeness (QED) is 0.365. The number of amides is 1. The van der Waals surface area contributed by atoms with Crippen LogP contribution in [-0.2, 0) is 6.42 Å². The van der Waals surface area contributed by atoms with Crippen LogP contribution in [0.3, 0.4) is 0 Å². The maximum Gasteiger partial charge on any atom is 0.339 e. The fourth-order valence-corrected chi connectivity index (χ4v) is 3.63. The number of nitrogen functional groups attached to an aromatic ring is 1. The summed E-state index contributed by atoms with van der Waals surface area (Å²) in [6.07, 6.45) is 0.607. The minimum atomic E-state index is -1.17. The van der Waals surface area contributed by atoms with E-state index in [-0.39, 0.29) is 34.9 Å². The predicted octanol–water partition coefficient (Wildman–Crippen LogP) is 3.38. The van der Waals surface area contributed by atoms with Crippen molar-refractivity contribution in [2.45, 2.75) is 39.7 Å². The highest BCUT2D eigenvalue weighted by molar-refractivity contribution is 6.07. The summed E-state index contributed by atoms with van der Waals surface area (Å²) in [7, 11) is 0. The van der Waals surface area contributed by atoms with Crippen LogP contribution in [0.5, 0.6) is 17.2 Å². The van der Waals surface area contributed by atoms with Crippen LogP contribution in [0.2, 0.25) is 0 Å². The number of hydrogen-bond acceptors (Lipinski definition) is 7. The third-order valence-electron chi connectivity index (χ3n) is 5.19. The molecule has 1 aromatic heterocycles. The maximum absolute atomic E-state index is 12.6. The lowest BCUT2D eigenvalue weighted by molar-refractivity contribution is 0.0696. The average Bonchev–Trinajstić information content (AvgIpc) is 2.70. The number of phenols is 2. The summed E-state index contributed by atoms with van der Waals surface area (Å²) in [6.45, 7) is 7.05. The van der Waals surface area contributed by atoms with Gasteiger partial charge in [0.05, 0.1) is 27.8 Å². The molecular formula is C24H27N3O6. The molecule has 0 spiro atoms. The predicted molar refractivity (Wildman–Crippen MR) is 124 cm³/mol. The lowest BCUT2D eigenvalue weighted by Gasteiger charge is -2.27. The number of aryl methyl sites for hydroxylation is 2. The van der Waals surface area contributed by atoms with Gasteiger partial charge in [-0.25, -0.2) is 4.79 Å². The third-order valence-corrected chi connectivity index (χ3v) is 5.19. The van der Waals surface area contributed by atoms with E-state index >= 15 is 0 Å². The summed E-state index contributed by atoms with van der Waals surface area (Å²) in [4.78, 5) is 28.8. The number of aromatic nitrogens is 1. The van der Waals surface area contributed by atoms with Crippen molar-refractivity contribution >= 4 is 28.5 Å². The fraction of sp³-hybridized carbons (Fsp3) is 0.292. The van der Waals surface area contributed by atoms with Gasteiger partial charge in [0.2, 0.25) is 0 Å². The Morgan fingerprint density at radius 2 is 1.79 bits per heavy atom. The number of carboxylic acids is 1. The number of rotatable bonds is 7. The molecule has 0 atom stereocenters. The zero-order valence-corrected chi connectivity index (χ0v) is 18.9. The summed E-state index contributed by atoms with van der Waals surface area (Å²) < 4.78 is 6.12. The molecule has 0 bridgehead atoms. The first-order chi connectivity index (χ1) is 15.4. The molecule has 3 aromatic rings. The van der Waals surface area contributed by atoms with Gasteiger partial charge in [-0.2, -0.15) is 0 Å². The number of phenolic OH excluding ortho intramolecular Hbond substituents is 2. The standard InChI is InChI=1S/C24H27N3O6/c1-5-13-6-7-17-19(20(25)18(23(31)32)12(2)26-17)21(13)33-11-24(3,4)27-22(30)14-8-15(28)10-16(29)9-14/h6-10,28-29H,5,11H2,1-4H3,(H2,25,26)(H,27,30)(H,31,32). The number of ether oxygens (including phenoxy) is 1. The molecule has 0 aliphatic carbocycles. The molecule has 9 nitrogen and oxygen atoms in total. The topological polar surface area (TPSA) is 155 Å². The van der Waals surface area contributed by atoms with Gasteiger partial charge in [0, 0.05) is 11.6 Å². The highest BCUT2D eigenvalue weighted by Gasteiger charge is 2.26. The fourth-order valence-electron chi connectivity index (χ4n) is 3.63. The smallest absolute Gasteiger partial charge is 0.339 e. The molecule has 9 heteroatoms. The van der Waals surface area contributed by atoms with Crippen LogP contribution in [0.15, 0.2) is 30.3 Å². The van der Waals surface area contributed by atoms with Crippen molar-refractivity contribution in [1.29, 1.82) is 0 Å². The number of carboxylic acid groups (broad SMARTS) is 1. The van der Waals surface area contributed by atoms with E-state index in [0.29, 0.717) is 28.8 Å². The number of nitrogens with zero attached hydrogens (tertiary/aromatic N) is 1. The minimum Gasteiger partial charge on any atom is -0.508 e. The molecule has 174 valence electrons. The van der Waals surface area contributed by atoms with Crippen LogP contribution in [-0.4, -0.2) is 44.3 Å². The largest absolute Gasteiger partial charge is 0.508 e. The average molecular weight is 453 g/mol. The van der Waals surface area contributed by atoms with Crippen molar-refractivity contribution in [2.75, 3.05) is 12.3 Å². The number of nitrogens with two attached hydrogens (primary N) is 1. The van der Waals surface area contributed by atoms with Crippen molar-refractivity contribution in [2.24, 2.45) is 0 Å².